The Labute approximate surface area is 139 Å². The van der Waals surface area contributed by atoms with E-state index in [1.54, 1.807) is 0 Å². The molecule has 2 rings (SSSR count). The summed E-state index contributed by atoms with van der Waals surface area (Å²) in [6.07, 6.45) is 5.11. The number of carbonyl (C=O) groups excluding carboxylic acids is 2. The maximum atomic E-state index is 12.2. The first-order valence-corrected chi connectivity index (χ1v) is 8.99. The molecule has 2 aliphatic rings. The van der Waals surface area contributed by atoms with E-state index in [2.05, 4.69) is 17.1 Å². The molecular formula is C17H32N4O2. The molecule has 1 saturated heterocycles. The van der Waals surface area contributed by atoms with Gasteiger partial charge in [-0.25, -0.2) is 0 Å². The normalized spacial score (nSPS) is 27.5. The first-order chi connectivity index (χ1) is 10.9. The molecule has 0 radical (unpaired) electrons. The second-order valence-electron chi connectivity index (χ2n) is 7.37. The van der Waals surface area contributed by atoms with Crippen molar-refractivity contribution in [3.05, 3.63) is 0 Å². The van der Waals surface area contributed by atoms with Gasteiger partial charge in [-0.2, -0.15) is 0 Å². The molecular weight excluding hydrogens is 292 g/mol. The third-order valence-corrected chi connectivity index (χ3v) is 4.89. The smallest absolute Gasteiger partial charge is 0.234 e. The van der Waals surface area contributed by atoms with Crippen molar-refractivity contribution >= 4 is 11.8 Å². The first-order valence-electron chi connectivity index (χ1n) is 8.99. The fourth-order valence-corrected chi connectivity index (χ4v) is 3.60. The number of carbonyl (C=O) groups is 2. The minimum atomic E-state index is -0.0933. The second-order valence-corrected chi connectivity index (χ2v) is 7.37. The van der Waals surface area contributed by atoms with Crippen LogP contribution in [0.2, 0.25) is 0 Å². The zero-order valence-electron chi connectivity index (χ0n) is 14.6. The van der Waals surface area contributed by atoms with Gasteiger partial charge in [-0.3, -0.25) is 14.5 Å². The second kappa shape index (κ2) is 8.64. The Bertz CT molecular complexity index is 405. The van der Waals surface area contributed by atoms with E-state index in [9.17, 15) is 9.59 Å². The van der Waals surface area contributed by atoms with Gasteiger partial charge >= 0.3 is 0 Å². The van der Waals surface area contributed by atoms with Gasteiger partial charge in [0.2, 0.25) is 11.8 Å². The van der Waals surface area contributed by atoms with Gasteiger partial charge in [-0.05, 0) is 25.7 Å². The minimum Gasteiger partial charge on any atom is -0.352 e. The molecule has 1 aliphatic heterocycles. The highest BCUT2D eigenvalue weighted by molar-refractivity contribution is 5.78. The average molecular weight is 324 g/mol. The van der Waals surface area contributed by atoms with Gasteiger partial charge in [0.25, 0.3) is 0 Å². The molecule has 3 N–H and O–H groups in total. The molecule has 6 nitrogen and oxygen atoms in total. The van der Waals surface area contributed by atoms with Crippen LogP contribution in [-0.2, 0) is 9.59 Å². The molecule has 1 aliphatic carbocycles. The van der Waals surface area contributed by atoms with E-state index in [0.29, 0.717) is 38.0 Å². The number of nitrogens with two attached hydrogens (primary N) is 1. The Morgan fingerprint density at radius 2 is 1.91 bits per heavy atom. The largest absolute Gasteiger partial charge is 0.352 e. The molecule has 0 spiro atoms. The molecule has 0 bridgehead atoms. The van der Waals surface area contributed by atoms with Gasteiger partial charge in [-0.15, -0.1) is 0 Å². The van der Waals surface area contributed by atoms with E-state index in [1.165, 1.54) is 12.8 Å². The number of piperazine rings is 1. The first kappa shape index (κ1) is 18.2. The van der Waals surface area contributed by atoms with E-state index in [0.717, 1.165) is 25.9 Å². The van der Waals surface area contributed by atoms with E-state index in [4.69, 9.17) is 5.73 Å². The molecule has 3 unspecified atom stereocenters. The topological polar surface area (TPSA) is 78.7 Å². The van der Waals surface area contributed by atoms with Crippen molar-refractivity contribution in [3.63, 3.8) is 0 Å². The Balaban J connectivity index is 1.67. The maximum Gasteiger partial charge on any atom is 0.234 e. The van der Waals surface area contributed by atoms with Gasteiger partial charge in [0.1, 0.15) is 0 Å². The standard InChI is InChI=1S/C17H32N4O2/c1-13-4-3-5-15(10-13)19-16(22)12-20-6-8-21(9-7-20)17(23)11-14(2)18/h13-15H,3-12,18H2,1-2H3,(H,19,22). The van der Waals surface area contributed by atoms with Crippen LogP contribution < -0.4 is 11.1 Å². The van der Waals surface area contributed by atoms with Crippen LogP contribution in [0.25, 0.3) is 0 Å². The van der Waals surface area contributed by atoms with Crippen molar-refractivity contribution in [1.82, 2.24) is 15.1 Å². The summed E-state index contributed by atoms with van der Waals surface area (Å²) < 4.78 is 0. The summed E-state index contributed by atoms with van der Waals surface area (Å²) in [6, 6.07) is 0.254. The van der Waals surface area contributed by atoms with E-state index in [1.807, 2.05) is 11.8 Å². The van der Waals surface area contributed by atoms with E-state index in [-0.39, 0.29) is 17.9 Å². The summed E-state index contributed by atoms with van der Waals surface area (Å²) in [4.78, 5) is 28.2. The summed E-state index contributed by atoms with van der Waals surface area (Å²) in [7, 11) is 0. The number of hydrogen-bond donors (Lipinski definition) is 2. The van der Waals surface area contributed by atoms with Crippen LogP contribution in [0.15, 0.2) is 0 Å². The van der Waals surface area contributed by atoms with Crippen molar-refractivity contribution in [1.29, 1.82) is 0 Å². The molecule has 0 aromatic carbocycles. The van der Waals surface area contributed by atoms with Crippen LogP contribution in [0.1, 0.15) is 46.0 Å². The van der Waals surface area contributed by atoms with Gasteiger partial charge in [-0.1, -0.05) is 19.8 Å². The lowest BCUT2D eigenvalue weighted by molar-refractivity contribution is -0.133. The van der Waals surface area contributed by atoms with E-state index < -0.39 is 0 Å². The highest BCUT2D eigenvalue weighted by Gasteiger charge is 2.24. The molecule has 23 heavy (non-hydrogen) atoms. The third-order valence-electron chi connectivity index (χ3n) is 4.89. The monoisotopic (exact) mass is 324 g/mol. The predicted molar refractivity (Wildman–Crippen MR) is 90.8 cm³/mol. The van der Waals surface area contributed by atoms with Crippen molar-refractivity contribution in [3.8, 4) is 0 Å². The number of rotatable bonds is 5. The quantitative estimate of drug-likeness (QED) is 0.775. The molecule has 1 heterocycles. The highest BCUT2D eigenvalue weighted by Crippen LogP contribution is 2.23. The maximum absolute atomic E-state index is 12.2. The zero-order valence-corrected chi connectivity index (χ0v) is 14.6. The Kier molecular flexibility index (Phi) is 6.84. The summed E-state index contributed by atoms with van der Waals surface area (Å²) >= 11 is 0. The summed E-state index contributed by atoms with van der Waals surface area (Å²) in [5, 5.41) is 3.18. The van der Waals surface area contributed by atoms with Crippen LogP contribution in [0, 0.1) is 5.92 Å². The fourth-order valence-electron chi connectivity index (χ4n) is 3.60. The Morgan fingerprint density at radius 1 is 1.22 bits per heavy atom. The lowest BCUT2D eigenvalue weighted by atomic mass is 9.87. The summed E-state index contributed by atoms with van der Waals surface area (Å²) in [5.41, 5.74) is 5.68. The van der Waals surface area contributed by atoms with Gasteiger partial charge in [0, 0.05) is 44.7 Å². The van der Waals surface area contributed by atoms with Crippen LogP contribution >= 0.6 is 0 Å². The van der Waals surface area contributed by atoms with Crippen molar-refractivity contribution < 1.29 is 9.59 Å². The summed E-state index contributed by atoms with van der Waals surface area (Å²) in [5.74, 6) is 0.966. The van der Waals surface area contributed by atoms with Gasteiger partial charge in [0.15, 0.2) is 0 Å². The Hall–Kier alpha value is -1.14. The van der Waals surface area contributed by atoms with Crippen LogP contribution in [0.4, 0.5) is 0 Å². The lowest BCUT2D eigenvalue weighted by Gasteiger charge is -2.35. The summed E-state index contributed by atoms with van der Waals surface area (Å²) in [6.45, 7) is 7.47. The average Bonchev–Trinajstić information content (AvgIpc) is 2.47. The fraction of sp³-hybridized carbons (Fsp3) is 0.882. The van der Waals surface area contributed by atoms with Crippen molar-refractivity contribution in [2.45, 2.75) is 58.0 Å². The van der Waals surface area contributed by atoms with Crippen LogP contribution in [0.5, 0.6) is 0 Å². The highest BCUT2D eigenvalue weighted by atomic mass is 16.2. The van der Waals surface area contributed by atoms with Crippen LogP contribution in [0.3, 0.4) is 0 Å². The van der Waals surface area contributed by atoms with Crippen LogP contribution in [-0.4, -0.2) is 66.4 Å². The zero-order chi connectivity index (χ0) is 16.8. The van der Waals surface area contributed by atoms with Crippen molar-refractivity contribution in [2.75, 3.05) is 32.7 Å². The SMILES string of the molecule is CC(N)CC(=O)N1CCN(CC(=O)NC2CCCC(C)C2)CC1. The molecule has 6 heteroatoms. The minimum absolute atomic E-state index is 0.0933. The van der Waals surface area contributed by atoms with Crippen molar-refractivity contribution in [2.24, 2.45) is 11.7 Å². The van der Waals surface area contributed by atoms with Gasteiger partial charge in [0.05, 0.1) is 6.54 Å². The third kappa shape index (κ3) is 6.11. The molecule has 2 fully saturated rings. The Morgan fingerprint density at radius 3 is 2.52 bits per heavy atom. The molecule has 0 aromatic rings. The van der Waals surface area contributed by atoms with Gasteiger partial charge < -0.3 is 16.0 Å². The number of nitrogens with zero attached hydrogens (tertiary/aromatic N) is 2. The molecule has 3 atom stereocenters. The molecule has 132 valence electrons. The molecule has 0 aromatic heterocycles. The molecule has 2 amide bonds. The number of nitrogens with one attached hydrogen (secondary N) is 1. The lowest BCUT2D eigenvalue weighted by Crippen LogP contribution is -2.52. The van der Waals surface area contributed by atoms with E-state index >= 15 is 0 Å². The predicted octanol–water partition coefficient (Wildman–Crippen LogP) is 0.563. The molecule has 1 saturated carbocycles. The number of hydrogen-bond acceptors (Lipinski definition) is 4. The number of amides is 2.